The predicted octanol–water partition coefficient (Wildman–Crippen LogP) is 14.7. The summed E-state index contributed by atoms with van der Waals surface area (Å²) in [4.78, 5) is 9.53. The van der Waals surface area contributed by atoms with Gasteiger partial charge in [-0.15, -0.1) is 48.1 Å². The Morgan fingerprint density at radius 1 is 0.594 bits per heavy atom. The molecule has 0 amide bonds. The van der Waals surface area contributed by atoms with E-state index in [4.69, 9.17) is 14.1 Å². The van der Waals surface area contributed by atoms with E-state index >= 15 is 0 Å². The third kappa shape index (κ3) is 7.07. The van der Waals surface area contributed by atoms with Crippen molar-refractivity contribution in [2.75, 3.05) is 9.80 Å². The molecule has 0 saturated carbocycles. The van der Waals surface area contributed by atoms with Gasteiger partial charge in [0.15, 0.2) is 0 Å². The fourth-order valence-corrected chi connectivity index (χ4v) is 9.31. The van der Waals surface area contributed by atoms with Crippen LogP contribution in [-0.4, -0.2) is 9.55 Å². The summed E-state index contributed by atoms with van der Waals surface area (Å²) >= 11 is 0. The molecule has 0 fully saturated rings. The number of ether oxygens (including phenoxy) is 1. The Labute approximate surface area is 388 Å². The van der Waals surface area contributed by atoms with E-state index in [0.29, 0.717) is 11.5 Å². The van der Waals surface area contributed by atoms with Crippen molar-refractivity contribution in [1.82, 2.24) is 9.55 Å². The van der Waals surface area contributed by atoms with Gasteiger partial charge in [-0.05, 0) is 89.7 Å². The molecule has 7 aromatic carbocycles. The minimum Gasteiger partial charge on any atom is -0.509 e. The fourth-order valence-electron chi connectivity index (χ4n) is 9.31. The third-order valence-corrected chi connectivity index (χ3v) is 12.1. The van der Waals surface area contributed by atoms with Crippen LogP contribution in [0.2, 0.25) is 0 Å². The average Bonchev–Trinajstić information content (AvgIpc) is 3.95. The third-order valence-electron chi connectivity index (χ3n) is 12.1. The van der Waals surface area contributed by atoms with E-state index in [-0.39, 0.29) is 26.5 Å². The molecule has 0 unspecified atom stereocenters. The van der Waals surface area contributed by atoms with Crippen molar-refractivity contribution in [2.45, 2.75) is 47.0 Å². The zero-order valence-corrected chi connectivity index (χ0v) is 38.8. The van der Waals surface area contributed by atoms with E-state index in [1.54, 1.807) is 0 Å². The molecule has 6 nitrogen and oxygen atoms in total. The van der Waals surface area contributed by atoms with Crippen molar-refractivity contribution < 1.29 is 30.2 Å². The smallest absolute Gasteiger partial charge is 0.135 e. The summed E-state index contributed by atoms with van der Waals surface area (Å²) in [5.41, 5.74) is 14.7. The van der Waals surface area contributed by atoms with Crippen molar-refractivity contribution in [2.24, 2.45) is 0 Å². The van der Waals surface area contributed by atoms with Gasteiger partial charge in [-0.3, -0.25) is 0 Å². The van der Waals surface area contributed by atoms with Crippen molar-refractivity contribution in [3.63, 3.8) is 0 Å². The average molecular weight is 1010 g/mol. The molecular formula is C57H45N4O2Pt-3. The number of rotatable bonds is 7. The van der Waals surface area contributed by atoms with Gasteiger partial charge in [-0.2, -0.15) is 12.1 Å². The molecule has 11 rings (SSSR count). The molecule has 1 aliphatic rings. The SMILES string of the molecule is Cc1cc(C)c(N2[CH-]N(c3[c-]c(Oc4[c-]c5c(cc4)c4cc6oc7ccccc7c6cc4n5-c4cc(C(C)(C)C)ccn4)ccc3)C(c3ccccc3)=C2c2ccccc2)c(C)c1.[Pt]. The first-order chi connectivity index (χ1) is 30.6. The number of aryl methyl sites for hydroxylation is 3. The summed E-state index contributed by atoms with van der Waals surface area (Å²) in [5, 5.41) is 4.22. The van der Waals surface area contributed by atoms with Gasteiger partial charge in [0.1, 0.15) is 17.0 Å². The van der Waals surface area contributed by atoms with Gasteiger partial charge >= 0.3 is 0 Å². The Morgan fingerprint density at radius 2 is 1.27 bits per heavy atom. The summed E-state index contributed by atoms with van der Waals surface area (Å²) < 4.78 is 15.3. The second-order valence-electron chi connectivity index (χ2n) is 17.6. The number of benzene rings is 7. The van der Waals surface area contributed by atoms with E-state index in [1.807, 2.05) is 36.5 Å². The second-order valence-corrected chi connectivity index (χ2v) is 17.6. The molecule has 10 aromatic rings. The van der Waals surface area contributed by atoms with Crippen molar-refractivity contribution in [3.05, 3.63) is 210 Å². The predicted molar refractivity (Wildman–Crippen MR) is 258 cm³/mol. The van der Waals surface area contributed by atoms with Crippen LogP contribution in [0.5, 0.6) is 11.5 Å². The van der Waals surface area contributed by atoms with Crippen LogP contribution in [0.3, 0.4) is 0 Å². The molecule has 0 radical (unpaired) electrons. The van der Waals surface area contributed by atoms with E-state index < -0.39 is 0 Å². The largest absolute Gasteiger partial charge is 0.509 e. The quantitative estimate of drug-likeness (QED) is 0.149. The van der Waals surface area contributed by atoms with Crippen LogP contribution >= 0.6 is 0 Å². The van der Waals surface area contributed by atoms with Crippen molar-refractivity contribution in [3.8, 4) is 17.3 Å². The Bertz CT molecular complexity index is 3410. The van der Waals surface area contributed by atoms with Gasteiger partial charge in [-0.25, -0.2) is 4.98 Å². The Hall–Kier alpha value is -6.88. The van der Waals surface area contributed by atoms with Gasteiger partial charge in [0, 0.05) is 72.1 Å². The van der Waals surface area contributed by atoms with Gasteiger partial charge in [0.25, 0.3) is 0 Å². The maximum Gasteiger partial charge on any atom is 0.135 e. The number of fused-ring (bicyclic) bond motifs is 6. The second kappa shape index (κ2) is 16.0. The molecule has 0 bridgehead atoms. The number of aromatic nitrogens is 2. The normalized spacial score (nSPS) is 13.2. The fraction of sp³-hybridized carbons (Fsp3) is 0.123. The Morgan fingerprint density at radius 3 is 1.98 bits per heavy atom. The monoisotopic (exact) mass is 1010 g/mol. The molecule has 4 heterocycles. The minimum absolute atomic E-state index is 0. The van der Waals surface area contributed by atoms with Gasteiger partial charge < -0.3 is 23.5 Å². The van der Waals surface area contributed by atoms with Crippen molar-refractivity contribution >= 4 is 66.5 Å². The first-order valence-corrected chi connectivity index (χ1v) is 21.4. The molecule has 7 heteroatoms. The van der Waals surface area contributed by atoms with E-state index in [1.165, 1.54) is 22.3 Å². The zero-order chi connectivity index (χ0) is 43.0. The number of pyridine rings is 1. The van der Waals surface area contributed by atoms with Crippen LogP contribution in [0.25, 0.3) is 61.0 Å². The first-order valence-electron chi connectivity index (χ1n) is 21.4. The van der Waals surface area contributed by atoms with Crippen LogP contribution in [0.1, 0.15) is 54.2 Å². The van der Waals surface area contributed by atoms with Crippen LogP contribution < -0.4 is 14.5 Å². The van der Waals surface area contributed by atoms with E-state index in [2.05, 4.69) is 196 Å². The number of hydrogen-bond acceptors (Lipinski definition) is 5. The maximum absolute atomic E-state index is 6.75. The zero-order valence-electron chi connectivity index (χ0n) is 36.5. The maximum atomic E-state index is 6.75. The summed E-state index contributed by atoms with van der Waals surface area (Å²) in [6.07, 6.45) is 1.90. The first kappa shape index (κ1) is 41.1. The van der Waals surface area contributed by atoms with Crippen LogP contribution in [-0.2, 0) is 26.5 Å². The molecule has 0 aliphatic carbocycles. The number of anilines is 2. The topological polar surface area (TPSA) is 46.7 Å². The number of nitrogens with zero attached hydrogens (tertiary/aromatic N) is 4. The molecule has 318 valence electrons. The number of hydrogen-bond donors (Lipinski definition) is 0. The summed E-state index contributed by atoms with van der Waals surface area (Å²) in [6.45, 7) is 15.4. The van der Waals surface area contributed by atoms with Crippen LogP contribution in [0, 0.1) is 39.6 Å². The van der Waals surface area contributed by atoms with Gasteiger partial charge in [0.2, 0.25) is 0 Å². The number of furan rings is 1. The molecule has 1 aliphatic heterocycles. The standard InChI is InChI=1S/C57H45N4O2.Pt/c1-36-28-37(2)54(38(3)29-36)60-35-59(55(39-16-9-7-10-17-39)56(60)40-18-11-8-12-19-40)42-20-15-21-43(31-42)62-44-24-25-45-47-34-52-48(46-22-13-14-23-51(46)63-52)33-50(47)61(49(45)32-44)53-30-41(26-27-58-53)57(4,5)6;/h7-30,33-35H,1-6H3;/q-3;. The molecular weight excluding hydrogens is 968 g/mol. The summed E-state index contributed by atoms with van der Waals surface area (Å²) in [6, 6.07) is 60.1. The van der Waals surface area contributed by atoms with Gasteiger partial charge in [0.05, 0.1) is 0 Å². The molecule has 0 saturated heterocycles. The molecule has 0 spiro atoms. The molecule has 64 heavy (non-hydrogen) atoms. The Balaban J connectivity index is 0.00000484. The van der Waals surface area contributed by atoms with E-state index in [9.17, 15) is 0 Å². The number of para-hydroxylation sites is 1. The molecule has 0 N–H and O–H groups in total. The summed E-state index contributed by atoms with van der Waals surface area (Å²) in [5.74, 6) is 1.97. The summed E-state index contributed by atoms with van der Waals surface area (Å²) in [7, 11) is 0. The van der Waals surface area contributed by atoms with Crippen LogP contribution in [0.4, 0.5) is 11.4 Å². The minimum atomic E-state index is -0.0671. The Kier molecular flexibility index (Phi) is 10.3. The van der Waals surface area contributed by atoms with Crippen LogP contribution in [0.15, 0.2) is 162 Å². The molecule has 0 atom stereocenters. The van der Waals surface area contributed by atoms with E-state index in [0.717, 1.165) is 83.5 Å². The molecule has 3 aromatic heterocycles. The van der Waals surface area contributed by atoms with Gasteiger partial charge in [-0.1, -0.05) is 123 Å². The van der Waals surface area contributed by atoms with Crippen molar-refractivity contribution in [1.29, 1.82) is 0 Å².